The van der Waals surface area contributed by atoms with Gasteiger partial charge in [-0.15, -0.1) is 0 Å². The Labute approximate surface area is 164 Å². The second-order valence-corrected chi connectivity index (χ2v) is 7.17. The van der Waals surface area contributed by atoms with E-state index in [-0.39, 0.29) is 16.9 Å². The number of anilines is 2. The first-order valence-corrected chi connectivity index (χ1v) is 8.71. The summed E-state index contributed by atoms with van der Waals surface area (Å²) in [7, 11) is 1.21. The molecule has 2 aromatic carbocycles. The maximum absolute atomic E-state index is 12.5. The normalized spacial score (nSPS) is 11.3. The number of benzene rings is 2. The van der Waals surface area contributed by atoms with Crippen molar-refractivity contribution < 1.29 is 14.3 Å². The van der Waals surface area contributed by atoms with Crippen molar-refractivity contribution >= 4 is 23.3 Å². The summed E-state index contributed by atoms with van der Waals surface area (Å²) in [6.07, 6.45) is 1.26. The van der Waals surface area contributed by atoms with Crippen molar-refractivity contribution in [3.05, 3.63) is 71.4 Å². The first-order valence-electron chi connectivity index (χ1n) is 8.71. The molecule has 0 radical (unpaired) electrons. The fraction of sp³-hybridized carbons (Fsp3) is 0.227. The molecule has 0 saturated heterocycles. The molecule has 0 aliphatic carbocycles. The molecule has 144 valence electrons. The van der Waals surface area contributed by atoms with Crippen molar-refractivity contribution in [2.75, 3.05) is 17.7 Å². The number of hydrogen-bond donors (Lipinski definition) is 2. The minimum atomic E-state index is -0.724. The predicted octanol–water partition coefficient (Wildman–Crippen LogP) is 4.23. The Balaban J connectivity index is 2.10. The van der Waals surface area contributed by atoms with Crippen molar-refractivity contribution in [2.45, 2.75) is 26.2 Å². The molecule has 0 aliphatic heterocycles. The summed E-state index contributed by atoms with van der Waals surface area (Å²) in [4.78, 5) is 23.9. The third kappa shape index (κ3) is 5.45. The summed E-state index contributed by atoms with van der Waals surface area (Å²) in [6.45, 7) is 6.35. The van der Waals surface area contributed by atoms with Gasteiger partial charge in [-0.3, -0.25) is 4.79 Å². The Hall–Kier alpha value is -3.59. The molecule has 2 aromatic rings. The molecular formula is C22H23N3O3. The summed E-state index contributed by atoms with van der Waals surface area (Å²) in [5.74, 6) is -0.946. The van der Waals surface area contributed by atoms with Crippen LogP contribution in [0.25, 0.3) is 0 Å². The maximum Gasteiger partial charge on any atom is 0.350 e. The van der Waals surface area contributed by atoms with Gasteiger partial charge in [-0.25, -0.2) is 4.79 Å². The largest absolute Gasteiger partial charge is 0.465 e. The quantitative estimate of drug-likeness (QED) is 0.462. The average molecular weight is 377 g/mol. The van der Waals surface area contributed by atoms with E-state index < -0.39 is 5.97 Å². The molecule has 0 heterocycles. The molecule has 0 unspecified atom stereocenters. The molecule has 0 saturated carbocycles. The van der Waals surface area contributed by atoms with Gasteiger partial charge in [0.05, 0.1) is 7.11 Å². The van der Waals surface area contributed by atoms with E-state index in [1.807, 2.05) is 12.1 Å². The van der Waals surface area contributed by atoms with Crippen molar-refractivity contribution in [3.8, 4) is 6.07 Å². The molecule has 6 heteroatoms. The van der Waals surface area contributed by atoms with E-state index in [1.54, 1.807) is 42.5 Å². The fourth-order valence-corrected chi connectivity index (χ4v) is 2.41. The topological polar surface area (TPSA) is 91.2 Å². The van der Waals surface area contributed by atoms with Gasteiger partial charge in [0.2, 0.25) is 0 Å². The van der Waals surface area contributed by atoms with Crippen molar-refractivity contribution in [2.24, 2.45) is 0 Å². The van der Waals surface area contributed by atoms with Crippen LogP contribution in [0.15, 0.2) is 60.3 Å². The zero-order valence-electron chi connectivity index (χ0n) is 16.4. The number of hydrogen-bond acceptors (Lipinski definition) is 5. The molecule has 6 nitrogen and oxygen atoms in total. The summed E-state index contributed by atoms with van der Waals surface area (Å²) >= 11 is 0. The van der Waals surface area contributed by atoms with Crippen LogP contribution >= 0.6 is 0 Å². The molecule has 1 amide bonds. The third-order valence-corrected chi connectivity index (χ3v) is 4.04. The molecule has 0 aromatic heterocycles. The monoisotopic (exact) mass is 377 g/mol. The average Bonchev–Trinajstić information content (AvgIpc) is 2.68. The lowest BCUT2D eigenvalue weighted by atomic mass is 9.87. The standard InChI is InChI=1S/C22H23N3O3/c1-22(2,3)17-10-8-15(9-11-17)20(26)25-19-7-5-6-18(12-19)24-14-16(13-23)21(27)28-4/h5-12,14,24H,1-4H3,(H,25,26)/b16-14-. The number of nitrogens with one attached hydrogen (secondary N) is 2. The van der Waals surface area contributed by atoms with Crippen LogP contribution in [0.1, 0.15) is 36.7 Å². The minimum absolute atomic E-state index is 0.0228. The highest BCUT2D eigenvalue weighted by Gasteiger charge is 2.14. The molecule has 0 spiro atoms. The highest BCUT2D eigenvalue weighted by Crippen LogP contribution is 2.23. The summed E-state index contributed by atoms with van der Waals surface area (Å²) in [5.41, 5.74) is 2.77. The van der Waals surface area contributed by atoms with Crippen molar-refractivity contribution in [1.82, 2.24) is 0 Å². The maximum atomic E-state index is 12.5. The van der Waals surface area contributed by atoms with Crippen LogP contribution in [0.2, 0.25) is 0 Å². The zero-order chi connectivity index (χ0) is 20.7. The Kier molecular flexibility index (Phi) is 6.56. The van der Waals surface area contributed by atoms with Crippen LogP contribution in [0.4, 0.5) is 11.4 Å². The van der Waals surface area contributed by atoms with Gasteiger partial charge in [0, 0.05) is 23.1 Å². The van der Waals surface area contributed by atoms with E-state index >= 15 is 0 Å². The second kappa shape index (κ2) is 8.87. The Morgan fingerprint density at radius 3 is 2.29 bits per heavy atom. The van der Waals surface area contributed by atoms with Gasteiger partial charge in [0.1, 0.15) is 6.07 Å². The molecule has 0 atom stereocenters. The van der Waals surface area contributed by atoms with E-state index in [4.69, 9.17) is 5.26 Å². The minimum Gasteiger partial charge on any atom is -0.465 e. The van der Waals surface area contributed by atoms with Gasteiger partial charge in [0.15, 0.2) is 5.57 Å². The number of carbonyl (C=O) groups is 2. The summed E-state index contributed by atoms with van der Waals surface area (Å²) in [5, 5.41) is 14.6. The van der Waals surface area contributed by atoms with Crippen LogP contribution < -0.4 is 10.6 Å². The van der Waals surface area contributed by atoms with Gasteiger partial charge < -0.3 is 15.4 Å². The molecule has 28 heavy (non-hydrogen) atoms. The van der Waals surface area contributed by atoms with Gasteiger partial charge in [0.25, 0.3) is 5.91 Å². The molecule has 2 rings (SSSR count). The first-order chi connectivity index (χ1) is 13.2. The number of ether oxygens (including phenoxy) is 1. The lowest BCUT2D eigenvalue weighted by molar-refractivity contribution is -0.135. The van der Waals surface area contributed by atoms with Gasteiger partial charge in [-0.2, -0.15) is 5.26 Å². The molecule has 0 aliphatic rings. The van der Waals surface area contributed by atoms with E-state index in [9.17, 15) is 9.59 Å². The Morgan fingerprint density at radius 2 is 1.71 bits per heavy atom. The number of nitriles is 1. The predicted molar refractivity (Wildman–Crippen MR) is 109 cm³/mol. The Morgan fingerprint density at radius 1 is 1.07 bits per heavy atom. The van der Waals surface area contributed by atoms with Crippen LogP contribution in [0, 0.1) is 11.3 Å². The Bertz CT molecular complexity index is 933. The van der Waals surface area contributed by atoms with Crippen LogP contribution in [0.3, 0.4) is 0 Å². The smallest absolute Gasteiger partial charge is 0.350 e. The van der Waals surface area contributed by atoms with Crippen LogP contribution in [0.5, 0.6) is 0 Å². The number of amides is 1. The number of rotatable bonds is 5. The second-order valence-electron chi connectivity index (χ2n) is 7.17. The molecule has 2 N–H and O–H groups in total. The fourth-order valence-electron chi connectivity index (χ4n) is 2.41. The third-order valence-electron chi connectivity index (χ3n) is 4.04. The van der Waals surface area contributed by atoms with Gasteiger partial charge >= 0.3 is 5.97 Å². The molecule has 0 bridgehead atoms. The number of nitrogens with zero attached hydrogens (tertiary/aromatic N) is 1. The first kappa shape index (κ1) is 20.7. The highest BCUT2D eigenvalue weighted by atomic mass is 16.5. The van der Waals surface area contributed by atoms with Crippen LogP contribution in [-0.2, 0) is 14.9 Å². The lowest BCUT2D eigenvalue weighted by Gasteiger charge is -2.19. The van der Waals surface area contributed by atoms with E-state index in [1.165, 1.54) is 13.3 Å². The van der Waals surface area contributed by atoms with Gasteiger partial charge in [-0.05, 0) is 41.3 Å². The number of methoxy groups -OCH3 is 1. The number of carbonyl (C=O) groups excluding carboxylic acids is 2. The van der Waals surface area contributed by atoms with Gasteiger partial charge in [-0.1, -0.05) is 39.0 Å². The molecule has 0 fully saturated rings. The van der Waals surface area contributed by atoms with E-state index in [2.05, 4.69) is 36.1 Å². The number of esters is 1. The lowest BCUT2D eigenvalue weighted by Crippen LogP contribution is -2.14. The van der Waals surface area contributed by atoms with Crippen molar-refractivity contribution in [3.63, 3.8) is 0 Å². The summed E-state index contributed by atoms with van der Waals surface area (Å²) < 4.78 is 4.52. The zero-order valence-corrected chi connectivity index (χ0v) is 16.4. The SMILES string of the molecule is COC(=O)/C(C#N)=C\Nc1cccc(NC(=O)c2ccc(C(C)(C)C)cc2)c1. The van der Waals surface area contributed by atoms with E-state index in [0.717, 1.165) is 5.56 Å². The van der Waals surface area contributed by atoms with Crippen molar-refractivity contribution in [1.29, 1.82) is 5.26 Å². The molecular weight excluding hydrogens is 354 g/mol. The van der Waals surface area contributed by atoms with E-state index in [0.29, 0.717) is 16.9 Å². The van der Waals surface area contributed by atoms with Crippen LogP contribution in [-0.4, -0.2) is 19.0 Å². The summed E-state index contributed by atoms with van der Waals surface area (Å²) in [6, 6.07) is 16.2. The highest BCUT2D eigenvalue weighted by molar-refractivity contribution is 6.04.